The number of aliphatic carboxylic acids is 1. The molecule has 8 heteroatoms. The monoisotopic (exact) mass is 553 g/mol. The van der Waals surface area contributed by atoms with E-state index in [2.05, 4.69) is 4.90 Å². The zero-order valence-corrected chi connectivity index (χ0v) is 23.5. The highest BCUT2D eigenvalue weighted by Gasteiger charge is 2.36. The summed E-state index contributed by atoms with van der Waals surface area (Å²) < 4.78 is 54.8. The predicted octanol–water partition coefficient (Wildman–Crippen LogP) is 7.22. The second kappa shape index (κ2) is 10.5. The number of hydrogen-bond donors (Lipinski definition) is 1. The molecular formula is C32H34F3NO4. The summed E-state index contributed by atoms with van der Waals surface area (Å²) >= 11 is 0. The number of rotatable bonds is 6. The highest BCUT2D eigenvalue weighted by molar-refractivity contribution is 5.88. The van der Waals surface area contributed by atoms with Gasteiger partial charge in [-0.3, -0.25) is 0 Å². The lowest BCUT2D eigenvalue weighted by atomic mass is 9.83. The largest absolute Gasteiger partial charge is 0.490 e. The highest BCUT2D eigenvalue weighted by atomic mass is 19.2. The number of anilines is 1. The van der Waals surface area contributed by atoms with E-state index in [-0.39, 0.29) is 5.75 Å². The fourth-order valence-electron chi connectivity index (χ4n) is 5.93. The van der Waals surface area contributed by atoms with Gasteiger partial charge in [-0.2, -0.15) is 0 Å². The number of carboxylic acids is 1. The van der Waals surface area contributed by atoms with Gasteiger partial charge in [0.25, 0.3) is 0 Å². The molecule has 1 unspecified atom stereocenters. The summed E-state index contributed by atoms with van der Waals surface area (Å²) in [5.41, 5.74) is 5.70. The fourth-order valence-corrected chi connectivity index (χ4v) is 5.93. The normalized spacial score (nSPS) is 15.4. The molecule has 0 amide bonds. The number of ether oxygens (including phenoxy) is 2. The summed E-state index contributed by atoms with van der Waals surface area (Å²) in [5.74, 6) is -3.15. The highest BCUT2D eigenvalue weighted by Crippen LogP contribution is 2.47. The molecule has 0 fully saturated rings. The minimum atomic E-state index is -1.28. The van der Waals surface area contributed by atoms with E-state index < -0.39 is 35.1 Å². The molecule has 0 spiro atoms. The van der Waals surface area contributed by atoms with E-state index in [1.165, 1.54) is 12.1 Å². The van der Waals surface area contributed by atoms with E-state index >= 15 is 4.39 Å². The maximum atomic E-state index is 15.5. The van der Waals surface area contributed by atoms with Crippen molar-refractivity contribution in [3.05, 3.63) is 81.2 Å². The Balaban J connectivity index is 1.73. The van der Waals surface area contributed by atoms with Crippen LogP contribution in [0.5, 0.6) is 5.75 Å². The van der Waals surface area contributed by atoms with Gasteiger partial charge in [0.2, 0.25) is 0 Å². The number of benzene rings is 3. The van der Waals surface area contributed by atoms with E-state index in [1.807, 2.05) is 19.9 Å². The van der Waals surface area contributed by atoms with E-state index in [1.54, 1.807) is 26.8 Å². The standard InChI is InChI=1S/C32H34F3NO4/c1-17-13-26-21(10-11-36(26)16-19-8-9-23(33)24(34)14-19)28(27(17)30(31(37)38)40-32(3,4)5)22-15-25(35)29-20(18(22)2)7-6-12-39-29/h8-9,13-15,30H,6-7,10-12,16H2,1-5H3,(H,37,38). The molecule has 0 saturated heterocycles. The zero-order valence-electron chi connectivity index (χ0n) is 23.5. The summed E-state index contributed by atoms with van der Waals surface area (Å²) in [4.78, 5) is 14.7. The molecule has 0 saturated carbocycles. The van der Waals surface area contributed by atoms with E-state index in [0.29, 0.717) is 60.4 Å². The second-order valence-electron chi connectivity index (χ2n) is 11.6. The molecule has 1 atom stereocenters. The fraction of sp³-hybridized carbons (Fsp3) is 0.406. The first-order chi connectivity index (χ1) is 18.9. The Morgan fingerprint density at radius 1 is 1.05 bits per heavy atom. The average Bonchev–Trinajstić information content (AvgIpc) is 3.27. The lowest BCUT2D eigenvalue weighted by Crippen LogP contribution is -2.28. The van der Waals surface area contributed by atoms with E-state index in [9.17, 15) is 18.7 Å². The zero-order chi connectivity index (χ0) is 28.9. The van der Waals surface area contributed by atoms with Crippen molar-refractivity contribution in [2.75, 3.05) is 18.1 Å². The summed E-state index contributed by atoms with van der Waals surface area (Å²) in [6, 6.07) is 7.24. The number of nitrogens with zero attached hydrogens (tertiary/aromatic N) is 1. The van der Waals surface area contributed by atoms with Crippen LogP contribution in [0.25, 0.3) is 11.1 Å². The molecular weight excluding hydrogens is 519 g/mol. The molecule has 0 bridgehead atoms. The Labute approximate surface area is 232 Å². The van der Waals surface area contributed by atoms with Crippen LogP contribution in [-0.2, 0) is 28.9 Å². The van der Waals surface area contributed by atoms with Crippen molar-refractivity contribution in [3.63, 3.8) is 0 Å². The molecule has 1 N–H and O–H groups in total. The lowest BCUT2D eigenvalue weighted by Gasteiger charge is -2.30. The maximum absolute atomic E-state index is 15.5. The van der Waals surface area contributed by atoms with Crippen molar-refractivity contribution < 1.29 is 32.5 Å². The number of halogens is 3. The summed E-state index contributed by atoms with van der Waals surface area (Å²) in [5, 5.41) is 10.3. The van der Waals surface area contributed by atoms with Crippen LogP contribution >= 0.6 is 0 Å². The first-order valence-corrected chi connectivity index (χ1v) is 13.6. The van der Waals surface area contributed by atoms with Crippen LogP contribution in [0.1, 0.15) is 66.7 Å². The van der Waals surface area contributed by atoms with Crippen LogP contribution in [0.2, 0.25) is 0 Å². The molecule has 3 aromatic carbocycles. The molecule has 40 heavy (non-hydrogen) atoms. The van der Waals surface area contributed by atoms with E-state index in [4.69, 9.17) is 9.47 Å². The molecule has 0 aliphatic carbocycles. The molecule has 0 aromatic heterocycles. The molecule has 5 rings (SSSR count). The minimum Gasteiger partial charge on any atom is -0.490 e. The molecule has 2 aliphatic rings. The van der Waals surface area contributed by atoms with Gasteiger partial charge in [-0.15, -0.1) is 0 Å². The first kappa shape index (κ1) is 28.0. The molecule has 5 nitrogen and oxygen atoms in total. The van der Waals surface area contributed by atoms with Crippen molar-refractivity contribution in [1.29, 1.82) is 0 Å². The molecule has 3 aromatic rings. The SMILES string of the molecule is Cc1cc2c(c(-c3cc(F)c4c(c3C)CCCO4)c1C(OC(C)(C)C)C(=O)O)CCN2Cc1ccc(F)c(F)c1. The quantitative estimate of drug-likeness (QED) is 0.349. The van der Waals surface area contributed by atoms with Crippen molar-refractivity contribution in [3.8, 4) is 16.9 Å². The Kier molecular flexibility index (Phi) is 7.33. The Morgan fingerprint density at radius 2 is 1.80 bits per heavy atom. The first-order valence-electron chi connectivity index (χ1n) is 13.6. The van der Waals surface area contributed by atoms with E-state index in [0.717, 1.165) is 34.9 Å². The average molecular weight is 554 g/mol. The van der Waals surface area contributed by atoms with Gasteiger partial charge in [-0.1, -0.05) is 6.07 Å². The van der Waals surface area contributed by atoms with Crippen LogP contribution in [0.15, 0.2) is 30.3 Å². The third-order valence-electron chi connectivity index (χ3n) is 7.65. The second-order valence-corrected chi connectivity index (χ2v) is 11.6. The maximum Gasteiger partial charge on any atom is 0.337 e. The number of fused-ring (bicyclic) bond motifs is 2. The van der Waals surface area contributed by atoms with Gasteiger partial charge in [0.1, 0.15) is 0 Å². The minimum absolute atomic E-state index is 0.263. The predicted molar refractivity (Wildman–Crippen MR) is 147 cm³/mol. The molecule has 2 heterocycles. The summed E-state index contributed by atoms with van der Waals surface area (Å²) in [7, 11) is 0. The van der Waals surface area contributed by atoms with Gasteiger partial charge in [0.05, 0.1) is 12.2 Å². The number of aryl methyl sites for hydroxylation is 1. The van der Waals surface area contributed by atoms with Crippen molar-refractivity contribution in [2.45, 2.75) is 72.1 Å². The number of hydrogen-bond acceptors (Lipinski definition) is 4. The lowest BCUT2D eigenvalue weighted by molar-refractivity contribution is -0.160. The topological polar surface area (TPSA) is 59.0 Å². The molecule has 212 valence electrons. The van der Waals surface area contributed by atoms with Gasteiger partial charge in [0.15, 0.2) is 29.3 Å². The van der Waals surface area contributed by atoms with Crippen LogP contribution in [-0.4, -0.2) is 29.8 Å². The van der Waals surface area contributed by atoms with Gasteiger partial charge in [0, 0.05) is 29.9 Å². The van der Waals surface area contributed by atoms with Crippen LogP contribution < -0.4 is 9.64 Å². The Bertz CT molecular complexity index is 1490. The van der Waals surface area contributed by atoms with Crippen LogP contribution in [0.4, 0.5) is 18.9 Å². The summed E-state index contributed by atoms with van der Waals surface area (Å²) in [6.07, 6.45) is 0.717. The van der Waals surface area contributed by atoms with Crippen molar-refractivity contribution in [1.82, 2.24) is 0 Å². The summed E-state index contributed by atoms with van der Waals surface area (Å²) in [6.45, 7) is 10.5. The Morgan fingerprint density at radius 3 is 2.48 bits per heavy atom. The number of carbonyl (C=O) groups is 1. The third kappa shape index (κ3) is 5.17. The van der Waals surface area contributed by atoms with Gasteiger partial charge in [-0.25, -0.2) is 18.0 Å². The molecule has 0 radical (unpaired) electrons. The number of carboxylic acid groups (broad SMARTS) is 1. The van der Waals surface area contributed by atoms with Crippen LogP contribution in [0.3, 0.4) is 0 Å². The van der Waals surface area contributed by atoms with Gasteiger partial charge in [-0.05, 0) is 112 Å². The van der Waals surface area contributed by atoms with Crippen molar-refractivity contribution in [2.24, 2.45) is 0 Å². The smallest absolute Gasteiger partial charge is 0.337 e. The molecule has 2 aliphatic heterocycles. The van der Waals surface area contributed by atoms with Crippen molar-refractivity contribution >= 4 is 11.7 Å². The van der Waals surface area contributed by atoms with Gasteiger partial charge < -0.3 is 19.5 Å². The van der Waals surface area contributed by atoms with Gasteiger partial charge >= 0.3 is 5.97 Å². The third-order valence-corrected chi connectivity index (χ3v) is 7.65. The Hall–Kier alpha value is -3.52. The van der Waals surface area contributed by atoms with Crippen LogP contribution in [0, 0.1) is 31.3 Å².